The van der Waals surface area contributed by atoms with Gasteiger partial charge in [-0.25, -0.2) is 0 Å². The van der Waals surface area contributed by atoms with Gasteiger partial charge in [0.1, 0.15) is 0 Å². The molecule has 0 amide bonds. The standard InChI is InChI=1S/C15H12ClN5O2S/c1-10(11-4-2-7-14(8-11)21(22)23)24-15-17-18-19-20(15)13-6-3-5-12(16)9-13/h2-10H,1H3. The van der Waals surface area contributed by atoms with E-state index >= 15 is 0 Å². The van der Waals surface area contributed by atoms with Gasteiger partial charge in [0.2, 0.25) is 5.16 Å². The van der Waals surface area contributed by atoms with Crippen molar-refractivity contribution in [3.8, 4) is 5.69 Å². The number of thioether (sulfide) groups is 1. The van der Waals surface area contributed by atoms with Crippen molar-refractivity contribution in [1.82, 2.24) is 20.2 Å². The molecule has 2 aromatic carbocycles. The van der Waals surface area contributed by atoms with Crippen LogP contribution in [0.1, 0.15) is 17.7 Å². The SMILES string of the molecule is CC(Sc1nnnn1-c1cccc(Cl)c1)c1cccc([N+](=O)[O-])c1. The minimum atomic E-state index is -0.406. The number of nitro groups is 1. The lowest BCUT2D eigenvalue weighted by Crippen LogP contribution is -2.00. The molecule has 1 aromatic heterocycles. The van der Waals surface area contributed by atoms with Gasteiger partial charge in [0.25, 0.3) is 5.69 Å². The molecule has 0 N–H and O–H groups in total. The Morgan fingerprint density at radius 3 is 2.79 bits per heavy atom. The van der Waals surface area contributed by atoms with E-state index in [4.69, 9.17) is 11.6 Å². The number of tetrazole rings is 1. The van der Waals surface area contributed by atoms with Crippen LogP contribution in [0, 0.1) is 10.1 Å². The second-order valence-corrected chi connectivity index (χ2v) is 6.71. The summed E-state index contributed by atoms with van der Waals surface area (Å²) in [6.45, 7) is 1.95. The molecule has 0 aliphatic heterocycles. The summed E-state index contributed by atoms with van der Waals surface area (Å²) in [4.78, 5) is 10.5. The van der Waals surface area contributed by atoms with Crippen LogP contribution in [0.15, 0.2) is 53.7 Å². The molecule has 0 fully saturated rings. The Bertz CT molecular complexity index is 886. The van der Waals surface area contributed by atoms with E-state index in [9.17, 15) is 10.1 Å². The maximum atomic E-state index is 10.9. The number of halogens is 1. The lowest BCUT2D eigenvalue weighted by Gasteiger charge is -2.11. The topological polar surface area (TPSA) is 86.7 Å². The highest BCUT2D eigenvalue weighted by molar-refractivity contribution is 7.99. The van der Waals surface area contributed by atoms with Gasteiger partial charge in [0.15, 0.2) is 0 Å². The molecular weight excluding hydrogens is 350 g/mol. The monoisotopic (exact) mass is 361 g/mol. The summed E-state index contributed by atoms with van der Waals surface area (Å²) >= 11 is 7.42. The molecule has 0 saturated carbocycles. The normalized spacial score (nSPS) is 12.1. The maximum absolute atomic E-state index is 10.9. The van der Waals surface area contributed by atoms with E-state index in [1.54, 1.807) is 28.9 Å². The predicted octanol–water partition coefficient (Wildman–Crippen LogP) is 4.08. The Morgan fingerprint density at radius 1 is 1.25 bits per heavy atom. The van der Waals surface area contributed by atoms with Crippen molar-refractivity contribution in [1.29, 1.82) is 0 Å². The molecule has 7 nitrogen and oxygen atoms in total. The minimum absolute atomic E-state index is 0.0613. The third kappa shape index (κ3) is 3.55. The van der Waals surface area contributed by atoms with E-state index in [0.717, 1.165) is 11.3 Å². The van der Waals surface area contributed by atoms with E-state index in [-0.39, 0.29) is 10.9 Å². The van der Waals surface area contributed by atoms with Crippen LogP contribution in [0.25, 0.3) is 5.69 Å². The molecule has 0 aliphatic carbocycles. The molecule has 9 heteroatoms. The van der Waals surface area contributed by atoms with Crippen molar-refractivity contribution in [3.63, 3.8) is 0 Å². The first-order valence-corrected chi connectivity index (χ1v) is 8.25. The molecule has 1 unspecified atom stereocenters. The van der Waals surface area contributed by atoms with Gasteiger partial charge in [-0.1, -0.05) is 41.6 Å². The highest BCUT2D eigenvalue weighted by atomic mass is 35.5. The third-order valence-electron chi connectivity index (χ3n) is 3.33. The summed E-state index contributed by atoms with van der Waals surface area (Å²) in [5, 5.41) is 23.8. The van der Waals surface area contributed by atoms with Gasteiger partial charge in [-0.15, -0.1) is 5.10 Å². The quantitative estimate of drug-likeness (QED) is 0.386. The summed E-state index contributed by atoms with van der Waals surface area (Å²) in [6, 6.07) is 13.8. The largest absolute Gasteiger partial charge is 0.269 e. The first-order chi connectivity index (χ1) is 11.5. The molecule has 0 bridgehead atoms. The minimum Gasteiger partial charge on any atom is -0.258 e. The fraction of sp³-hybridized carbons (Fsp3) is 0.133. The average Bonchev–Trinajstić information content (AvgIpc) is 3.03. The lowest BCUT2D eigenvalue weighted by atomic mass is 10.1. The Hall–Kier alpha value is -2.45. The summed E-state index contributed by atoms with van der Waals surface area (Å²) < 4.78 is 1.59. The third-order valence-corrected chi connectivity index (χ3v) is 4.65. The molecule has 24 heavy (non-hydrogen) atoms. The summed E-state index contributed by atoms with van der Waals surface area (Å²) in [5.41, 5.74) is 1.64. The fourth-order valence-electron chi connectivity index (χ4n) is 2.14. The van der Waals surface area contributed by atoms with E-state index in [0.29, 0.717) is 10.2 Å². The van der Waals surface area contributed by atoms with Gasteiger partial charge in [-0.2, -0.15) is 4.68 Å². The van der Waals surface area contributed by atoms with Crippen LogP contribution in [-0.4, -0.2) is 25.1 Å². The Labute approximate surface area is 146 Å². The van der Waals surface area contributed by atoms with Gasteiger partial charge in [0, 0.05) is 22.4 Å². The summed E-state index contributed by atoms with van der Waals surface area (Å²) in [6.07, 6.45) is 0. The van der Waals surface area contributed by atoms with Crippen molar-refractivity contribution in [2.75, 3.05) is 0 Å². The molecular formula is C15H12ClN5O2S. The van der Waals surface area contributed by atoms with Crippen LogP contribution in [0.4, 0.5) is 5.69 Å². The van der Waals surface area contributed by atoms with Crippen molar-refractivity contribution in [2.45, 2.75) is 17.3 Å². The summed E-state index contributed by atoms with van der Waals surface area (Å²) in [5.74, 6) is 0. The van der Waals surface area contributed by atoms with Crippen LogP contribution in [0.3, 0.4) is 0 Å². The number of benzene rings is 2. The second kappa shape index (κ2) is 6.98. The first-order valence-electron chi connectivity index (χ1n) is 7.00. The van der Waals surface area contributed by atoms with Crippen molar-refractivity contribution in [3.05, 3.63) is 69.2 Å². The van der Waals surface area contributed by atoms with Crippen LogP contribution in [0.2, 0.25) is 5.02 Å². The number of nitro benzene ring substituents is 1. The van der Waals surface area contributed by atoms with Gasteiger partial charge >= 0.3 is 0 Å². The molecule has 0 spiro atoms. The molecule has 0 radical (unpaired) electrons. The van der Waals surface area contributed by atoms with Crippen molar-refractivity contribution in [2.24, 2.45) is 0 Å². The highest BCUT2D eigenvalue weighted by Gasteiger charge is 2.17. The van der Waals surface area contributed by atoms with Gasteiger partial charge in [-0.05, 0) is 41.1 Å². The Kier molecular flexibility index (Phi) is 4.77. The van der Waals surface area contributed by atoms with E-state index in [1.165, 1.54) is 17.8 Å². The highest BCUT2D eigenvalue weighted by Crippen LogP contribution is 2.35. The zero-order valence-corrected chi connectivity index (χ0v) is 14.1. The van der Waals surface area contributed by atoms with Crippen LogP contribution >= 0.6 is 23.4 Å². The zero-order valence-electron chi connectivity index (χ0n) is 12.5. The van der Waals surface area contributed by atoms with Crippen LogP contribution < -0.4 is 0 Å². The zero-order chi connectivity index (χ0) is 17.1. The van der Waals surface area contributed by atoms with Gasteiger partial charge in [-0.3, -0.25) is 10.1 Å². The second-order valence-electron chi connectivity index (χ2n) is 4.97. The van der Waals surface area contributed by atoms with Crippen molar-refractivity contribution < 1.29 is 4.92 Å². The van der Waals surface area contributed by atoms with E-state index in [2.05, 4.69) is 15.5 Å². The Balaban J connectivity index is 1.86. The molecule has 3 aromatic rings. The van der Waals surface area contributed by atoms with Gasteiger partial charge < -0.3 is 0 Å². The molecule has 3 rings (SSSR count). The first kappa shape index (κ1) is 16.4. The van der Waals surface area contributed by atoms with E-state index in [1.807, 2.05) is 25.1 Å². The fourth-order valence-corrected chi connectivity index (χ4v) is 3.25. The molecule has 0 aliphatic rings. The van der Waals surface area contributed by atoms with Crippen LogP contribution in [-0.2, 0) is 0 Å². The number of hydrogen-bond acceptors (Lipinski definition) is 6. The average molecular weight is 362 g/mol. The molecule has 122 valence electrons. The molecule has 1 heterocycles. The number of rotatable bonds is 5. The smallest absolute Gasteiger partial charge is 0.258 e. The predicted molar refractivity (Wildman–Crippen MR) is 91.5 cm³/mol. The summed E-state index contributed by atoms with van der Waals surface area (Å²) in [7, 11) is 0. The van der Waals surface area contributed by atoms with Crippen molar-refractivity contribution >= 4 is 29.1 Å². The number of aromatic nitrogens is 4. The Morgan fingerprint density at radius 2 is 2.04 bits per heavy atom. The van der Waals surface area contributed by atoms with E-state index < -0.39 is 4.92 Å². The molecule has 1 atom stereocenters. The number of non-ortho nitro benzene ring substituents is 1. The van der Waals surface area contributed by atoms with Crippen LogP contribution in [0.5, 0.6) is 0 Å². The molecule has 0 saturated heterocycles. The number of hydrogen-bond donors (Lipinski definition) is 0. The maximum Gasteiger partial charge on any atom is 0.269 e. The number of nitrogens with zero attached hydrogens (tertiary/aromatic N) is 5. The lowest BCUT2D eigenvalue weighted by molar-refractivity contribution is -0.384. The van der Waals surface area contributed by atoms with Gasteiger partial charge in [0.05, 0.1) is 10.6 Å².